The third kappa shape index (κ3) is 4.19. The van der Waals surface area contributed by atoms with Crippen molar-refractivity contribution in [3.8, 4) is 0 Å². The molecule has 1 aliphatic rings. The van der Waals surface area contributed by atoms with Crippen LogP contribution < -0.4 is 0 Å². The van der Waals surface area contributed by atoms with Crippen LogP contribution in [0.4, 0.5) is 18.0 Å². The van der Waals surface area contributed by atoms with Crippen LogP contribution in [0.1, 0.15) is 16.7 Å². The van der Waals surface area contributed by atoms with Crippen molar-refractivity contribution in [2.24, 2.45) is 0 Å². The molecule has 1 heterocycles. The maximum absolute atomic E-state index is 12.6. The molecule has 0 spiro atoms. The third-order valence-electron chi connectivity index (χ3n) is 3.66. The first kappa shape index (κ1) is 18.7. The van der Waals surface area contributed by atoms with Gasteiger partial charge in [-0.1, -0.05) is 40.2 Å². The van der Waals surface area contributed by atoms with Gasteiger partial charge in [0.2, 0.25) is 0 Å². The fourth-order valence-corrected chi connectivity index (χ4v) is 3.43. The first-order valence-electron chi connectivity index (χ1n) is 7.41. The second-order valence-corrected chi connectivity index (χ2v) is 7.42. The highest BCUT2D eigenvalue weighted by atomic mass is 79.9. The second-order valence-electron chi connectivity index (χ2n) is 5.51. The van der Waals surface area contributed by atoms with Gasteiger partial charge in [-0.15, -0.1) is 0 Å². The Labute approximate surface area is 160 Å². The first-order chi connectivity index (χ1) is 12.2. The van der Waals surface area contributed by atoms with Crippen LogP contribution in [0.15, 0.2) is 57.9 Å². The molecule has 26 heavy (non-hydrogen) atoms. The second kappa shape index (κ2) is 7.28. The number of thioether (sulfide) groups is 1. The van der Waals surface area contributed by atoms with Crippen molar-refractivity contribution in [1.29, 1.82) is 0 Å². The molecule has 0 aromatic heterocycles. The average molecular weight is 442 g/mol. The van der Waals surface area contributed by atoms with E-state index in [1.807, 2.05) is 12.1 Å². The van der Waals surface area contributed by atoms with Crippen molar-refractivity contribution in [3.05, 3.63) is 74.6 Å². The predicted octanol–water partition coefficient (Wildman–Crippen LogP) is 5.70. The summed E-state index contributed by atoms with van der Waals surface area (Å²) in [6.45, 7) is 0.141. The Morgan fingerprint density at radius 3 is 2.19 bits per heavy atom. The van der Waals surface area contributed by atoms with E-state index in [-0.39, 0.29) is 11.4 Å². The summed E-state index contributed by atoms with van der Waals surface area (Å²) in [4.78, 5) is 25.9. The molecule has 2 aromatic rings. The van der Waals surface area contributed by atoms with E-state index in [0.29, 0.717) is 5.56 Å². The lowest BCUT2D eigenvalue weighted by Crippen LogP contribution is -2.27. The van der Waals surface area contributed by atoms with Crippen molar-refractivity contribution >= 4 is 44.9 Å². The van der Waals surface area contributed by atoms with Crippen LogP contribution in [0.25, 0.3) is 6.08 Å². The predicted molar refractivity (Wildman–Crippen MR) is 97.1 cm³/mol. The van der Waals surface area contributed by atoms with Crippen molar-refractivity contribution in [2.75, 3.05) is 0 Å². The van der Waals surface area contributed by atoms with E-state index in [9.17, 15) is 22.8 Å². The third-order valence-corrected chi connectivity index (χ3v) is 5.10. The largest absolute Gasteiger partial charge is 0.416 e. The van der Waals surface area contributed by atoms with Gasteiger partial charge in [0.05, 0.1) is 17.0 Å². The average Bonchev–Trinajstić information content (AvgIpc) is 2.84. The van der Waals surface area contributed by atoms with E-state index in [1.54, 1.807) is 12.1 Å². The Balaban J connectivity index is 1.77. The molecule has 0 atom stereocenters. The molecule has 0 radical (unpaired) electrons. The number of hydrogen-bond donors (Lipinski definition) is 0. The van der Waals surface area contributed by atoms with E-state index >= 15 is 0 Å². The molecule has 0 unspecified atom stereocenters. The Morgan fingerprint density at radius 1 is 1.00 bits per heavy atom. The molecule has 3 nitrogen and oxygen atoms in total. The van der Waals surface area contributed by atoms with Crippen LogP contribution in [-0.4, -0.2) is 16.0 Å². The summed E-state index contributed by atoms with van der Waals surface area (Å²) in [6, 6.07) is 11.6. The molecule has 3 rings (SSSR count). The zero-order valence-electron chi connectivity index (χ0n) is 13.1. The maximum atomic E-state index is 12.6. The number of alkyl halides is 3. The zero-order chi connectivity index (χ0) is 18.9. The topological polar surface area (TPSA) is 37.4 Å². The molecule has 0 aliphatic carbocycles. The number of halogens is 4. The molecule has 0 saturated carbocycles. The van der Waals surface area contributed by atoms with Gasteiger partial charge in [0.1, 0.15) is 0 Å². The molecule has 8 heteroatoms. The monoisotopic (exact) mass is 441 g/mol. The van der Waals surface area contributed by atoms with Gasteiger partial charge in [-0.05, 0) is 53.2 Å². The summed E-state index contributed by atoms with van der Waals surface area (Å²) in [5.74, 6) is -0.456. The Hall–Kier alpha value is -2.06. The lowest BCUT2D eigenvalue weighted by Gasteiger charge is -2.12. The van der Waals surface area contributed by atoms with Crippen molar-refractivity contribution in [1.82, 2.24) is 4.90 Å². The van der Waals surface area contributed by atoms with Crippen LogP contribution in [0, 0.1) is 0 Å². The molecule has 1 saturated heterocycles. The minimum Gasteiger partial charge on any atom is -0.268 e. The molecule has 1 fully saturated rings. The lowest BCUT2D eigenvalue weighted by atomic mass is 10.1. The van der Waals surface area contributed by atoms with Gasteiger partial charge >= 0.3 is 6.18 Å². The van der Waals surface area contributed by atoms with Gasteiger partial charge in [-0.3, -0.25) is 14.5 Å². The highest BCUT2D eigenvalue weighted by molar-refractivity contribution is 9.10. The number of amides is 2. The van der Waals surface area contributed by atoms with E-state index in [0.717, 1.165) is 38.8 Å². The van der Waals surface area contributed by atoms with Gasteiger partial charge in [0, 0.05) is 4.47 Å². The summed E-state index contributed by atoms with van der Waals surface area (Å²) in [5, 5.41) is -0.406. The van der Waals surface area contributed by atoms with E-state index in [1.165, 1.54) is 18.2 Å². The summed E-state index contributed by atoms with van der Waals surface area (Å²) >= 11 is 4.09. The smallest absolute Gasteiger partial charge is 0.268 e. The van der Waals surface area contributed by atoms with Gasteiger partial charge < -0.3 is 0 Å². The summed E-state index contributed by atoms with van der Waals surface area (Å²) < 4.78 is 38.7. The fraction of sp³-hybridized carbons (Fsp3) is 0.111. The Bertz CT molecular complexity index is 877. The fourth-order valence-electron chi connectivity index (χ4n) is 2.33. The number of benzene rings is 2. The van der Waals surface area contributed by atoms with E-state index in [2.05, 4.69) is 15.9 Å². The number of carbonyl (C=O) groups is 2. The normalized spacial score (nSPS) is 16.6. The maximum Gasteiger partial charge on any atom is 0.416 e. The van der Waals surface area contributed by atoms with Gasteiger partial charge in [0.25, 0.3) is 11.1 Å². The lowest BCUT2D eigenvalue weighted by molar-refractivity contribution is -0.137. The van der Waals surface area contributed by atoms with E-state index in [4.69, 9.17) is 0 Å². The number of imide groups is 1. The van der Waals surface area contributed by atoms with Crippen LogP contribution >= 0.6 is 27.7 Å². The van der Waals surface area contributed by atoms with Gasteiger partial charge in [-0.25, -0.2) is 0 Å². The molecule has 1 aliphatic heterocycles. The molecule has 134 valence electrons. The molecular formula is C18H11BrF3NO2S. The first-order valence-corrected chi connectivity index (χ1v) is 9.02. The molecule has 0 bridgehead atoms. The van der Waals surface area contributed by atoms with Crippen molar-refractivity contribution in [2.45, 2.75) is 12.7 Å². The minimum atomic E-state index is -4.42. The Kier molecular flexibility index (Phi) is 5.24. The minimum absolute atomic E-state index is 0.141. The zero-order valence-corrected chi connectivity index (χ0v) is 15.5. The van der Waals surface area contributed by atoms with Crippen LogP contribution in [0.5, 0.6) is 0 Å². The Morgan fingerprint density at radius 2 is 1.62 bits per heavy atom. The van der Waals surface area contributed by atoms with Crippen LogP contribution in [0.2, 0.25) is 0 Å². The highest BCUT2D eigenvalue weighted by Gasteiger charge is 2.35. The summed E-state index contributed by atoms with van der Waals surface area (Å²) in [5.41, 5.74) is 0.455. The van der Waals surface area contributed by atoms with E-state index < -0.39 is 22.9 Å². The summed E-state index contributed by atoms with van der Waals surface area (Å²) in [6.07, 6.45) is -2.99. The standard InChI is InChI=1S/C18H11BrF3NO2S/c19-14-7-3-12(4-8-14)10-23-16(24)15(26-17(23)25)9-11-1-5-13(6-2-11)18(20,21)22/h1-9H,10H2/b15-9-. The molecule has 0 N–H and O–H groups in total. The number of carbonyl (C=O) groups excluding carboxylic acids is 2. The van der Waals surface area contributed by atoms with Crippen LogP contribution in [0.3, 0.4) is 0 Å². The van der Waals surface area contributed by atoms with Crippen LogP contribution in [-0.2, 0) is 17.5 Å². The summed E-state index contributed by atoms with van der Waals surface area (Å²) in [7, 11) is 0. The molecule has 2 amide bonds. The van der Waals surface area contributed by atoms with Crippen molar-refractivity contribution < 1.29 is 22.8 Å². The number of nitrogens with zero attached hydrogens (tertiary/aromatic N) is 1. The van der Waals surface area contributed by atoms with Gasteiger partial charge in [-0.2, -0.15) is 13.2 Å². The number of hydrogen-bond acceptors (Lipinski definition) is 3. The van der Waals surface area contributed by atoms with Gasteiger partial charge in [0.15, 0.2) is 0 Å². The number of rotatable bonds is 3. The SMILES string of the molecule is O=C1S/C(=C\c2ccc(C(F)(F)F)cc2)C(=O)N1Cc1ccc(Br)cc1. The molecular weight excluding hydrogens is 431 g/mol. The highest BCUT2D eigenvalue weighted by Crippen LogP contribution is 2.34. The van der Waals surface area contributed by atoms with Crippen molar-refractivity contribution in [3.63, 3.8) is 0 Å². The molecule has 2 aromatic carbocycles. The quantitative estimate of drug-likeness (QED) is 0.572.